The predicted molar refractivity (Wildman–Crippen MR) is 84.4 cm³/mol. The molecule has 0 fully saturated rings. The molecule has 0 amide bonds. The number of rotatable bonds is 5. The van der Waals surface area contributed by atoms with E-state index in [4.69, 9.17) is 23.2 Å². The van der Waals surface area contributed by atoms with Crippen LogP contribution >= 0.6 is 35.0 Å². The zero-order valence-corrected chi connectivity index (χ0v) is 13.2. The summed E-state index contributed by atoms with van der Waals surface area (Å²) in [4.78, 5) is 1.77. The van der Waals surface area contributed by atoms with Crippen molar-refractivity contribution in [2.24, 2.45) is 0 Å². The molecule has 0 aliphatic heterocycles. The van der Waals surface area contributed by atoms with Crippen molar-refractivity contribution in [3.8, 4) is 0 Å². The summed E-state index contributed by atoms with van der Waals surface area (Å²) in [6.45, 7) is 3.53. The van der Waals surface area contributed by atoms with E-state index in [9.17, 15) is 4.39 Å². The Balaban J connectivity index is 2.19. The van der Waals surface area contributed by atoms with E-state index < -0.39 is 0 Å². The Morgan fingerprint density at radius 1 is 1.05 bits per heavy atom. The van der Waals surface area contributed by atoms with E-state index >= 15 is 0 Å². The molecule has 20 heavy (non-hydrogen) atoms. The highest BCUT2D eigenvalue weighted by molar-refractivity contribution is 7.99. The van der Waals surface area contributed by atoms with Crippen LogP contribution in [0.1, 0.15) is 12.5 Å². The highest BCUT2D eigenvalue weighted by Crippen LogP contribution is 2.33. The maximum Gasteiger partial charge on any atom is 0.124 e. The van der Waals surface area contributed by atoms with Gasteiger partial charge in [-0.15, -0.1) is 0 Å². The zero-order valence-electron chi connectivity index (χ0n) is 10.9. The van der Waals surface area contributed by atoms with E-state index in [2.05, 4.69) is 5.32 Å². The summed E-state index contributed by atoms with van der Waals surface area (Å²) in [5, 5.41) is 4.20. The van der Waals surface area contributed by atoms with E-state index in [0.29, 0.717) is 16.6 Å². The highest BCUT2D eigenvalue weighted by atomic mass is 35.5. The Bertz CT molecular complexity index is 604. The predicted octanol–water partition coefficient (Wildman–Crippen LogP) is 5.39. The van der Waals surface area contributed by atoms with Gasteiger partial charge in [0.15, 0.2) is 0 Å². The molecule has 2 aromatic rings. The molecule has 0 aliphatic carbocycles. The van der Waals surface area contributed by atoms with Gasteiger partial charge in [0.1, 0.15) is 5.82 Å². The van der Waals surface area contributed by atoms with E-state index in [1.165, 1.54) is 17.8 Å². The monoisotopic (exact) mass is 329 g/mol. The normalized spacial score (nSPS) is 10.8. The Morgan fingerprint density at radius 3 is 2.55 bits per heavy atom. The molecule has 0 radical (unpaired) electrons. The first-order chi connectivity index (χ1) is 9.58. The fourth-order valence-corrected chi connectivity index (χ4v) is 3.06. The molecule has 1 N–H and O–H groups in total. The Kier molecular flexibility index (Phi) is 5.73. The molecule has 0 unspecified atom stereocenters. The lowest BCUT2D eigenvalue weighted by molar-refractivity contribution is 0.617. The lowest BCUT2D eigenvalue weighted by Gasteiger charge is -2.07. The van der Waals surface area contributed by atoms with Gasteiger partial charge in [-0.3, -0.25) is 0 Å². The van der Waals surface area contributed by atoms with Crippen molar-refractivity contribution in [1.82, 2.24) is 5.32 Å². The summed E-state index contributed by atoms with van der Waals surface area (Å²) in [5.41, 5.74) is 0.925. The number of hydrogen-bond acceptors (Lipinski definition) is 2. The molecule has 0 heterocycles. The van der Waals surface area contributed by atoms with Gasteiger partial charge in [-0.1, -0.05) is 41.9 Å². The molecule has 0 bridgehead atoms. The third-order valence-corrected chi connectivity index (χ3v) is 4.34. The third-order valence-electron chi connectivity index (χ3n) is 2.64. The van der Waals surface area contributed by atoms with E-state index in [1.807, 2.05) is 19.1 Å². The minimum absolute atomic E-state index is 0.233. The van der Waals surface area contributed by atoms with Crippen LogP contribution in [0.25, 0.3) is 0 Å². The molecule has 0 atom stereocenters. The van der Waals surface area contributed by atoms with Crippen LogP contribution in [-0.4, -0.2) is 6.54 Å². The standard InChI is InChI=1S/C15H14Cl2FNS/c1-2-19-9-10-5-11(18)7-13(6-10)20-12-3-4-14(16)15(17)8-12/h3-8,19H,2,9H2,1H3. The fourth-order valence-electron chi connectivity index (χ4n) is 1.73. The third kappa shape index (κ3) is 4.38. The van der Waals surface area contributed by atoms with Crippen LogP contribution in [0.4, 0.5) is 4.39 Å². The van der Waals surface area contributed by atoms with Crippen molar-refractivity contribution in [2.45, 2.75) is 23.3 Å². The molecule has 2 aromatic carbocycles. The maximum atomic E-state index is 13.6. The average Bonchev–Trinajstić information content (AvgIpc) is 2.40. The Morgan fingerprint density at radius 2 is 1.85 bits per heavy atom. The van der Waals surface area contributed by atoms with Crippen molar-refractivity contribution in [2.75, 3.05) is 6.54 Å². The van der Waals surface area contributed by atoms with Gasteiger partial charge in [0.2, 0.25) is 0 Å². The lowest BCUT2D eigenvalue weighted by atomic mass is 10.2. The molecule has 1 nitrogen and oxygen atoms in total. The van der Waals surface area contributed by atoms with Gasteiger partial charge in [-0.25, -0.2) is 4.39 Å². The quantitative estimate of drug-likeness (QED) is 0.788. The topological polar surface area (TPSA) is 12.0 Å². The summed E-state index contributed by atoms with van der Waals surface area (Å²) < 4.78 is 13.6. The summed E-state index contributed by atoms with van der Waals surface area (Å²) in [6.07, 6.45) is 0. The average molecular weight is 330 g/mol. The van der Waals surface area contributed by atoms with Crippen LogP contribution in [0.2, 0.25) is 10.0 Å². The molecular formula is C15H14Cl2FNS. The number of hydrogen-bond donors (Lipinski definition) is 1. The number of benzene rings is 2. The molecule has 5 heteroatoms. The van der Waals surface area contributed by atoms with Crippen molar-refractivity contribution >= 4 is 35.0 Å². The van der Waals surface area contributed by atoms with Crippen LogP contribution in [0.5, 0.6) is 0 Å². The summed E-state index contributed by atoms with van der Waals surface area (Å²) >= 11 is 13.3. The second-order valence-corrected chi connectivity index (χ2v) is 6.21. The van der Waals surface area contributed by atoms with Crippen molar-refractivity contribution in [3.05, 3.63) is 57.8 Å². The van der Waals surface area contributed by atoms with Gasteiger partial charge in [0, 0.05) is 16.3 Å². The molecule has 0 spiro atoms. The van der Waals surface area contributed by atoms with Gasteiger partial charge in [0.25, 0.3) is 0 Å². The van der Waals surface area contributed by atoms with Crippen molar-refractivity contribution in [3.63, 3.8) is 0 Å². The minimum atomic E-state index is -0.233. The summed E-state index contributed by atoms with van der Waals surface area (Å²) in [7, 11) is 0. The number of halogens is 3. The molecule has 0 aliphatic rings. The van der Waals surface area contributed by atoms with Crippen molar-refractivity contribution in [1.29, 1.82) is 0 Å². The van der Waals surface area contributed by atoms with Gasteiger partial charge >= 0.3 is 0 Å². The minimum Gasteiger partial charge on any atom is -0.313 e. The second-order valence-electron chi connectivity index (χ2n) is 4.25. The maximum absolute atomic E-state index is 13.6. The molecule has 0 saturated carbocycles. The first-order valence-corrected chi connectivity index (χ1v) is 7.79. The summed E-state index contributed by atoms with van der Waals surface area (Å²) in [6, 6.07) is 10.4. The van der Waals surface area contributed by atoms with Gasteiger partial charge in [0.05, 0.1) is 10.0 Å². The smallest absolute Gasteiger partial charge is 0.124 e. The number of nitrogens with one attached hydrogen (secondary N) is 1. The Labute approximate surface area is 132 Å². The first-order valence-electron chi connectivity index (χ1n) is 6.21. The Hall–Kier alpha value is -0.740. The van der Waals surface area contributed by atoms with Gasteiger partial charge in [-0.2, -0.15) is 0 Å². The first kappa shape index (κ1) is 15.6. The second kappa shape index (κ2) is 7.32. The van der Waals surface area contributed by atoms with Crippen LogP contribution in [0.15, 0.2) is 46.2 Å². The molecular weight excluding hydrogens is 316 g/mol. The zero-order chi connectivity index (χ0) is 14.5. The van der Waals surface area contributed by atoms with Crippen LogP contribution in [0, 0.1) is 5.82 Å². The van der Waals surface area contributed by atoms with Crippen LogP contribution in [0.3, 0.4) is 0 Å². The largest absolute Gasteiger partial charge is 0.313 e. The molecule has 106 valence electrons. The van der Waals surface area contributed by atoms with Crippen LogP contribution in [-0.2, 0) is 6.54 Å². The highest BCUT2D eigenvalue weighted by Gasteiger charge is 2.05. The fraction of sp³-hybridized carbons (Fsp3) is 0.200. The lowest BCUT2D eigenvalue weighted by Crippen LogP contribution is -2.11. The van der Waals surface area contributed by atoms with E-state index in [1.54, 1.807) is 18.2 Å². The molecule has 0 saturated heterocycles. The summed E-state index contributed by atoms with van der Waals surface area (Å²) in [5.74, 6) is -0.233. The van der Waals surface area contributed by atoms with Crippen molar-refractivity contribution < 1.29 is 4.39 Å². The SMILES string of the molecule is CCNCc1cc(F)cc(Sc2ccc(Cl)c(Cl)c2)c1. The van der Waals surface area contributed by atoms with E-state index in [-0.39, 0.29) is 5.82 Å². The van der Waals surface area contributed by atoms with Gasteiger partial charge < -0.3 is 5.32 Å². The van der Waals surface area contributed by atoms with Crippen LogP contribution < -0.4 is 5.32 Å². The van der Waals surface area contributed by atoms with Gasteiger partial charge in [-0.05, 0) is 48.5 Å². The molecule has 0 aromatic heterocycles. The molecule has 2 rings (SSSR count). The van der Waals surface area contributed by atoms with E-state index in [0.717, 1.165) is 21.9 Å².